The first-order chi connectivity index (χ1) is 7.63. The molecule has 0 spiro atoms. The van der Waals surface area contributed by atoms with Crippen LogP contribution in [0.2, 0.25) is 5.02 Å². The van der Waals surface area contributed by atoms with Gasteiger partial charge in [0, 0.05) is 10.6 Å². The van der Waals surface area contributed by atoms with Crippen LogP contribution >= 0.6 is 11.6 Å². The fraction of sp³-hybridized carbons (Fsp3) is 0.500. The Balaban J connectivity index is 2.50. The highest BCUT2D eigenvalue weighted by molar-refractivity contribution is 6.31. The van der Waals surface area contributed by atoms with Gasteiger partial charge in [-0.3, -0.25) is 0 Å². The van der Waals surface area contributed by atoms with Gasteiger partial charge in [-0.2, -0.15) is 0 Å². The van der Waals surface area contributed by atoms with E-state index in [4.69, 9.17) is 21.1 Å². The number of halogens is 1. The van der Waals surface area contributed by atoms with Gasteiger partial charge in [-0.1, -0.05) is 11.6 Å². The van der Waals surface area contributed by atoms with Crippen LogP contribution in [-0.4, -0.2) is 27.4 Å². The van der Waals surface area contributed by atoms with Crippen molar-refractivity contribution >= 4 is 11.6 Å². The Hall–Kier alpha value is -0.770. The molecular formula is C12H16ClNO2. The molecule has 1 aromatic rings. The molecule has 88 valence electrons. The molecule has 0 bridgehead atoms. The lowest BCUT2D eigenvalue weighted by Gasteiger charge is -2.42. The average molecular weight is 242 g/mol. The van der Waals surface area contributed by atoms with E-state index in [0.717, 1.165) is 21.9 Å². The lowest BCUT2D eigenvalue weighted by Crippen LogP contribution is -2.56. The Morgan fingerprint density at radius 2 is 2.12 bits per heavy atom. The van der Waals surface area contributed by atoms with Crippen LogP contribution in [0, 0.1) is 6.92 Å². The molecule has 1 aromatic carbocycles. The maximum absolute atomic E-state index is 6.16. The standard InChI is InChI=1S/C12H16ClNO2/c1-8-4-11(15-3)9(5-10(8)13)12(14-2)6-16-7-12/h4-5,14H,6-7H2,1-3H3. The molecule has 0 atom stereocenters. The van der Waals surface area contributed by atoms with Gasteiger partial charge in [-0.15, -0.1) is 0 Å². The van der Waals surface area contributed by atoms with E-state index in [1.165, 1.54) is 0 Å². The van der Waals surface area contributed by atoms with Crippen molar-refractivity contribution in [1.82, 2.24) is 5.32 Å². The molecule has 1 heterocycles. The van der Waals surface area contributed by atoms with E-state index in [2.05, 4.69) is 5.32 Å². The van der Waals surface area contributed by atoms with Crippen molar-refractivity contribution in [2.24, 2.45) is 0 Å². The van der Waals surface area contributed by atoms with Crippen molar-refractivity contribution in [3.8, 4) is 5.75 Å². The molecule has 0 unspecified atom stereocenters. The van der Waals surface area contributed by atoms with Crippen LogP contribution in [0.15, 0.2) is 12.1 Å². The minimum Gasteiger partial charge on any atom is -0.496 e. The number of rotatable bonds is 3. The quantitative estimate of drug-likeness (QED) is 0.879. The van der Waals surface area contributed by atoms with Gasteiger partial charge in [0.05, 0.1) is 25.9 Å². The summed E-state index contributed by atoms with van der Waals surface area (Å²) in [7, 11) is 3.60. The second-order valence-electron chi connectivity index (χ2n) is 4.13. The van der Waals surface area contributed by atoms with Gasteiger partial charge in [-0.25, -0.2) is 0 Å². The summed E-state index contributed by atoms with van der Waals surface area (Å²) in [5.41, 5.74) is 1.94. The van der Waals surface area contributed by atoms with Crippen molar-refractivity contribution < 1.29 is 9.47 Å². The fourth-order valence-electron chi connectivity index (χ4n) is 1.94. The highest BCUT2D eigenvalue weighted by Gasteiger charge is 2.41. The predicted octanol–water partition coefficient (Wildman–Crippen LogP) is 2.10. The first-order valence-corrected chi connectivity index (χ1v) is 5.62. The molecule has 0 aromatic heterocycles. The normalized spacial score (nSPS) is 18.0. The van der Waals surface area contributed by atoms with Gasteiger partial charge < -0.3 is 14.8 Å². The number of hydrogen-bond acceptors (Lipinski definition) is 3. The third-order valence-electron chi connectivity index (χ3n) is 3.17. The number of ether oxygens (including phenoxy) is 2. The maximum Gasteiger partial charge on any atom is 0.124 e. The average Bonchev–Trinajstić information content (AvgIpc) is 2.22. The van der Waals surface area contributed by atoms with E-state index in [0.29, 0.717) is 13.2 Å². The first kappa shape index (κ1) is 11.7. The third kappa shape index (κ3) is 1.69. The zero-order valence-electron chi connectivity index (χ0n) is 9.76. The Morgan fingerprint density at radius 3 is 2.56 bits per heavy atom. The molecule has 0 saturated carbocycles. The molecule has 0 aliphatic carbocycles. The second-order valence-corrected chi connectivity index (χ2v) is 4.53. The first-order valence-electron chi connectivity index (χ1n) is 5.24. The molecule has 0 radical (unpaired) electrons. The second kappa shape index (κ2) is 4.24. The Morgan fingerprint density at radius 1 is 1.44 bits per heavy atom. The van der Waals surface area contributed by atoms with E-state index < -0.39 is 0 Å². The summed E-state index contributed by atoms with van der Waals surface area (Å²) >= 11 is 6.16. The molecule has 4 heteroatoms. The number of methoxy groups -OCH3 is 1. The van der Waals surface area contributed by atoms with E-state index in [-0.39, 0.29) is 5.54 Å². The Labute approximate surface area is 101 Å². The van der Waals surface area contributed by atoms with Crippen molar-refractivity contribution in [3.63, 3.8) is 0 Å². The van der Waals surface area contributed by atoms with Gasteiger partial charge in [0.25, 0.3) is 0 Å². The van der Waals surface area contributed by atoms with E-state index >= 15 is 0 Å². The van der Waals surface area contributed by atoms with Crippen LogP contribution in [0.25, 0.3) is 0 Å². The van der Waals surface area contributed by atoms with Crippen molar-refractivity contribution in [2.75, 3.05) is 27.4 Å². The zero-order chi connectivity index (χ0) is 11.8. The van der Waals surface area contributed by atoms with E-state index in [9.17, 15) is 0 Å². The zero-order valence-corrected chi connectivity index (χ0v) is 10.5. The fourth-order valence-corrected chi connectivity index (χ4v) is 2.10. The van der Waals surface area contributed by atoms with Crippen LogP contribution in [0.4, 0.5) is 0 Å². The molecular weight excluding hydrogens is 226 g/mol. The van der Waals surface area contributed by atoms with Gasteiger partial charge >= 0.3 is 0 Å². The summed E-state index contributed by atoms with van der Waals surface area (Å²) in [6.45, 7) is 3.27. The number of hydrogen-bond donors (Lipinski definition) is 1. The lowest BCUT2D eigenvalue weighted by atomic mass is 9.87. The molecule has 1 N–H and O–H groups in total. The highest BCUT2D eigenvalue weighted by Crippen LogP contribution is 2.38. The van der Waals surface area contributed by atoms with Crippen LogP contribution in [0.5, 0.6) is 5.75 Å². The van der Waals surface area contributed by atoms with E-state index in [1.807, 2.05) is 26.1 Å². The molecule has 1 saturated heterocycles. The summed E-state index contributed by atoms with van der Waals surface area (Å²) in [5.74, 6) is 0.861. The Kier molecular flexibility index (Phi) is 3.10. The summed E-state index contributed by atoms with van der Waals surface area (Å²) in [5, 5.41) is 4.05. The molecule has 3 nitrogen and oxygen atoms in total. The molecule has 16 heavy (non-hydrogen) atoms. The minimum absolute atomic E-state index is 0.150. The maximum atomic E-state index is 6.16. The monoisotopic (exact) mass is 241 g/mol. The largest absolute Gasteiger partial charge is 0.496 e. The molecule has 1 aliphatic heterocycles. The third-order valence-corrected chi connectivity index (χ3v) is 3.58. The van der Waals surface area contributed by atoms with Crippen molar-refractivity contribution in [3.05, 3.63) is 28.3 Å². The number of likely N-dealkylation sites (N-methyl/N-ethyl adjacent to an activating group) is 1. The molecule has 1 fully saturated rings. The van der Waals surface area contributed by atoms with Crippen LogP contribution in [0.1, 0.15) is 11.1 Å². The van der Waals surface area contributed by atoms with Gasteiger partial charge in [-0.05, 0) is 31.7 Å². The van der Waals surface area contributed by atoms with Crippen LogP contribution in [-0.2, 0) is 10.3 Å². The number of nitrogens with one attached hydrogen (secondary N) is 1. The number of benzene rings is 1. The van der Waals surface area contributed by atoms with Crippen LogP contribution in [0.3, 0.4) is 0 Å². The summed E-state index contributed by atoms with van der Waals surface area (Å²) in [4.78, 5) is 0. The van der Waals surface area contributed by atoms with Gasteiger partial charge in [0.1, 0.15) is 5.75 Å². The van der Waals surface area contributed by atoms with Crippen molar-refractivity contribution in [1.29, 1.82) is 0 Å². The molecule has 0 amide bonds. The minimum atomic E-state index is -0.150. The number of aryl methyl sites for hydroxylation is 1. The lowest BCUT2D eigenvalue weighted by molar-refractivity contribution is -0.0756. The SMILES string of the molecule is CNC1(c2cc(Cl)c(C)cc2OC)COC1. The summed E-state index contributed by atoms with van der Waals surface area (Å²) in [6.07, 6.45) is 0. The van der Waals surface area contributed by atoms with Gasteiger partial charge in [0.15, 0.2) is 0 Å². The predicted molar refractivity (Wildman–Crippen MR) is 64.3 cm³/mol. The highest BCUT2D eigenvalue weighted by atomic mass is 35.5. The van der Waals surface area contributed by atoms with Crippen molar-refractivity contribution in [2.45, 2.75) is 12.5 Å². The summed E-state index contributed by atoms with van der Waals surface area (Å²) in [6, 6.07) is 3.93. The topological polar surface area (TPSA) is 30.5 Å². The van der Waals surface area contributed by atoms with Gasteiger partial charge in [0.2, 0.25) is 0 Å². The Bertz CT molecular complexity index is 397. The smallest absolute Gasteiger partial charge is 0.124 e. The van der Waals surface area contributed by atoms with Crippen LogP contribution < -0.4 is 10.1 Å². The van der Waals surface area contributed by atoms with E-state index in [1.54, 1.807) is 7.11 Å². The molecule has 2 rings (SSSR count). The molecule has 1 aliphatic rings. The summed E-state index contributed by atoms with van der Waals surface area (Å²) < 4.78 is 10.7.